The third-order valence-corrected chi connectivity index (χ3v) is 31.4. The molecule has 0 aliphatic rings. The lowest BCUT2D eigenvalue weighted by Crippen LogP contribution is -2.04. The molecular formula is C131H73N15. The van der Waals surface area contributed by atoms with E-state index in [0.717, 1.165) is 83.4 Å². The van der Waals surface area contributed by atoms with Crippen LogP contribution in [0.25, 0.3) is 312 Å². The fourth-order valence-corrected chi connectivity index (χ4v) is 25.7. The number of nitrogens with zero attached hydrogens (tertiary/aromatic N) is 15. The van der Waals surface area contributed by atoms with E-state index in [1.165, 1.54) is 212 Å². The molecule has 35 rings (SSSR count). The van der Waals surface area contributed by atoms with Crippen molar-refractivity contribution in [2.45, 2.75) is 0 Å². The molecule has 0 amide bonds. The molecule has 15 heteroatoms. The third kappa shape index (κ3) is 10.5. The number of aromatic nitrogens is 14. The highest BCUT2D eigenvalue weighted by molar-refractivity contribution is 6.42. The SMILES string of the molecule is [C-]#[N+]c1cccc(-c2nc(-n3c4ccccc4c4cc5c6ccccc6n6c7ccc8ccccc8c7c(c43)c56)nc3ncccc23)c1.c1ccc(-n2c3ccccc3c3c(-n4c5ccccc5c5cc6c7ccccc7n7c8ccc9ccccc9c8c(c54)c67)cncc32)cc1.c1ccc2c(c1)ccc1c2c2c3c(cc4c5ccccc5n1c42)c1ccccc1n3-c1ccc(-n2c3ccccc3c3ccncc32)cn1. The largest absolute Gasteiger partial charge is 0.308 e. The molecule has 16 heterocycles. The van der Waals surface area contributed by atoms with Gasteiger partial charge in [0.2, 0.25) is 5.95 Å². The highest BCUT2D eigenvalue weighted by Crippen LogP contribution is 2.55. The van der Waals surface area contributed by atoms with Crippen LogP contribution in [0.15, 0.2) is 444 Å². The average molecular weight is 1860 g/mol. The molecule has 0 fully saturated rings. The van der Waals surface area contributed by atoms with Gasteiger partial charge in [-0.1, -0.05) is 273 Å². The molecule has 0 bridgehead atoms. The first kappa shape index (κ1) is 78.7. The molecule has 19 aromatic carbocycles. The van der Waals surface area contributed by atoms with Gasteiger partial charge in [0.05, 0.1) is 153 Å². The van der Waals surface area contributed by atoms with Gasteiger partial charge in [0, 0.05) is 142 Å². The Morgan fingerprint density at radius 1 is 0.212 bits per heavy atom. The molecule has 0 aliphatic carbocycles. The van der Waals surface area contributed by atoms with E-state index >= 15 is 0 Å². The molecule has 35 aromatic rings. The molecule has 0 saturated heterocycles. The van der Waals surface area contributed by atoms with Gasteiger partial charge < -0.3 is 26.9 Å². The fraction of sp³-hybridized carbons (Fsp3) is 0. The van der Waals surface area contributed by atoms with Crippen LogP contribution in [0.2, 0.25) is 0 Å². The Kier molecular flexibility index (Phi) is 15.9. The highest BCUT2D eigenvalue weighted by Gasteiger charge is 2.33. The van der Waals surface area contributed by atoms with Crippen molar-refractivity contribution in [2.75, 3.05) is 0 Å². The van der Waals surface area contributed by atoms with E-state index in [-0.39, 0.29) is 0 Å². The minimum absolute atomic E-state index is 0.544. The zero-order valence-corrected chi connectivity index (χ0v) is 77.9. The molecule has 672 valence electrons. The van der Waals surface area contributed by atoms with Crippen LogP contribution >= 0.6 is 0 Å². The number of benzene rings is 19. The predicted molar refractivity (Wildman–Crippen MR) is 603 cm³/mol. The molecule has 0 atom stereocenters. The summed E-state index contributed by atoms with van der Waals surface area (Å²) in [4.78, 5) is 33.6. The summed E-state index contributed by atoms with van der Waals surface area (Å²) in [6.07, 6.45) is 11.7. The Labute approximate surface area is 827 Å². The summed E-state index contributed by atoms with van der Waals surface area (Å²) in [6, 6.07) is 146. The van der Waals surface area contributed by atoms with Gasteiger partial charge in [0.25, 0.3) is 0 Å². The van der Waals surface area contributed by atoms with Crippen molar-refractivity contribution in [3.63, 3.8) is 0 Å². The van der Waals surface area contributed by atoms with Gasteiger partial charge in [-0.25, -0.2) is 19.8 Å². The molecule has 0 saturated carbocycles. The van der Waals surface area contributed by atoms with Crippen molar-refractivity contribution in [3.05, 3.63) is 455 Å². The van der Waals surface area contributed by atoms with Crippen molar-refractivity contribution in [1.82, 2.24) is 65.9 Å². The first-order valence-corrected chi connectivity index (χ1v) is 49.4. The standard InChI is InChI=1S/C45H26N4.C44H25N5.C42H22N6/c1-2-13-28(14-3-1)47-37-21-11-8-18-32(37)41-39(47)25-46-26-40(41)49-36-20-10-7-17-31(36)34-24-33-30-16-6-9-19-35(30)48-38-23-22-27-12-4-5-15-29(27)42(38)43(44(33)48)45(34)49;1-2-10-28-26(9-1)17-19-38-41(28)42-43-33(30-12-4-7-15-36(30)48(38)43)23-34-31-13-5-8-16-37(31)49(44(34)42)40-20-18-27(24-46-40)47-35-14-6-3-11-29(35)32-21-22-45-25-39(32)47;1-43-26-12-8-11-25(22-26)38-30-16-9-21-44-41(30)46-42(45-38)48-34-18-7-5-15-29(34)32-23-31-28-14-4-6-17-33(28)47-35-20-19-24-10-2-3-13-27(24)36(35)37(39(31)47)40(32)48/h1-26H;1-25H;2-23H. The number of pyridine rings is 4. The normalized spacial score (nSPS) is 12.4. The molecule has 146 heavy (non-hydrogen) atoms. The smallest absolute Gasteiger partial charge is 0.237 e. The highest BCUT2D eigenvalue weighted by atomic mass is 15.2. The van der Waals surface area contributed by atoms with Crippen LogP contribution in [-0.2, 0) is 0 Å². The number of hydrogen-bond acceptors (Lipinski definition) is 6. The number of fused-ring (bicyclic) bond motifs is 43. The van der Waals surface area contributed by atoms with Gasteiger partial charge in [-0.05, 0) is 171 Å². The van der Waals surface area contributed by atoms with E-state index in [0.29, 0.717) is 17.3 Å². The summed E-state index contributed by atoms with van der Waals surface area (Å²) in [7, 11) is 0. The van der Waals surface area contributed by atoms with Crippen molar-refractivity contribution < 1.29 is 0 Å². The number of rotatable bonds is 6. The topological polar surface area (TPSA) is 120 Å². The summed E-state index contributed by atoms with van der Waals surface area (Å²) < 4.78 is 19.2. The lowest BCUT2D eigenvalue weighted by atomic mass is 9.99. The molecule has 0 unspecified atom stereocenters. The fourth-order valence-electron chi connectivity index (χ4n) is 25.7. The van der Waals surface area contributed by atoms with E-state index in [4.69, 9.17) is 31.5 Å². The van der Waals surface area contributed by atoms with Gasteiger partial charge in [-0.2, -0.15) is 4.98 Å². The molecule has 0 radical (unpaired) electrons. The lowest BCUT2D eigenvalue weighted by molar-refractivity contribution is 1.01. The van der Waals surface area contributed by atoms with Crippen LogP contribution in [0.1, 0.15) is 0 Å². The van der Waals surface area contributed by atoms with E-state index in [9.17, 15) is 0 Å². The van der Waals surface area contributed by atoms with Gasteiger partial charge in [0.15, 0.2) is 11.3 Å². The second-order valence-corrected chi connectivity index (χ2v) is 38.6. The van der Waals surface area contributed by atoms with E-state index in [2.05, 4.69) is 422 Å². The summed E-state index contributed by atoms with van der Waals surface area (Å²) in [5.74, 6) is 1.43. The Balaban J connectivity index is 0.0000000958. The number of hydrogen-bond donors (Lipinski definition) is 0. The van der Waals surface area contributed by atoms with Gasteiger partial charge in [-0.15, -0.1) is 0 Å². The quantitative estimate of drug-likeness (QED) is 0.153. The van der Waals surface area contributed by atoms with Crippen LogP contribution in [0, 0.1) is 6.57 Å². The van der Waals surface area contributed by atoms with Crippen LogP contribution in [-0.4, -0.2) is 65.9 Å². The predicted octanol–water partition coefficient (Wildman–Crippen LogP) is 33.2. The van der Waals surface area contributed by atoms with Crippen molar-refractivity contribution in [2.24, 2.45) is 0 Å². The van der Waals surface area contributed by atoms with E-state index < -0.39 is 0 Å². The maximum atomic E-state index is 7.65. The molecule has 16 aromatic heterocycles. The van der Waals surface area contributed by atoms with Crippen LogP contribution in [0.3, 0.4) is 0 Å². The Morgan fingerprint density at radius 2 is 0.616 bits per heavy atom. The van der Waals surface area contributed by atoms with Crippen LogP contribution in [0.4, 0.5) is 5.69 Å². The first-order valence-electron chi connectivity index (χ1n) is 49.4. The van der Waals surface area contributed by atoms with Gasteiger partial charge >= 0.3 is 0 Å². The third-order valence-electron chi connectivity index (χ3n) is 31.4. The second-order valence-electron chi connectivity index (χ2n) is 38.6. The zero-order valence-electron chi connectivity index (χ0n) is 77.9. The Morgan fingerprint density at radius 3 is 1.13 bits per heavy atom. The summed E-state index contributed by atoms with van der Waals surface area (Å²) in [5, 5.41) is 35.5. The molecule has 0 aliphatic heterocycles. The molecule has 0 spiro atoms. The summed E-state index contributed by atoms with van der Waals surface area (Å²) in [6.45, 7) is 7.65. The van der Waals surface area contributed by atoms with Gasteiger partial charge in [-0.3, -0.25) is 19.1 Å². The molecular weight excluding hydrogens is 1780 g/mol. The Hall–Kier alpha value is -20.2. The van der Waals surface area contributed by atoms with E-state index in [1.807, 2.05) is 61.2 Å². The summed E-state index contributed by atoms with van der Waals surface area (Å²) >= 11 is 0. The monoisotopic (exact) mass is 1860 g/mol. The van der Waals surface area contributed by atoms with Gasteiger partial charge in [0.1, 0.15) is 5.82 Å². The Bertz CT molecular complexity index is 11900. The van der Waals surface area contributed by atoms with Crippen molar-refractivity contribution in [3.8, 4) is 40.1 Å². The van der Waals surface area contributed by atoms with Crippen molar-refractivity contribution in [1.29, 1.82) is 0 Å². The van der Waals surface area contributed by atoms with Crippen molar-refractivity contribution >= 4 is 272 Å². The molecule has 15 nitrogen and oxygen atoms in total. The second kappa shape index (κ2) is 29.5. The van der Waals surface area contributed by atoms with Crippen LogP contribution in [0.5, 0.6) is 0 Å². The van der Waals surface area contributed by atoms with Crippen LogP contribution < -0.4 is 0 Å². The maximum absolute atomic E-state index is 7.65. The maximum Gasteiger partial charge on any atom is 0.237 e. The minimum Gasteiger partial charge on any atom is -0.308 e. The number of para-hydroxylation sites is 9. The average Bonchev–Trinajstić information content (AvgIpc) is 1.51. The zero-order chi connectivity index (χ0) is 95.1. The summed E-state index contributed by atoms with van der Waals surface area (Å²) in [5.41, 5.74) is 28.3. The van der Waals surface area contributed by atoms with E-state index in [1.54, 1.807) is 6.20 Å². The molecule has 0 N–H and O–H groups in total. The minimum atomic E-state index is 0.544. The first-order chi connectivity index (χ1) is 72.5. The lowest BCUT2D eigenvalue weighted by Gasteiger charge is -2.12.